The van der Waals surface area contributed by atoms with Crippen LogP contribution in [-0.2, 0) is 0 Å². The summed E-state index contributed by atoms with van der Waals surface area (Å²) in [7, 11) is 0. The molecular weight excluding hydrogens is 278 g/mol. The molecule has 0 radical (unpaired) electrons. The molecule has 2 aromatic rings. The molecule has 0 heterocycles. The van der Waals surface area contributed by atoms with Crippen LogP contribution in [-0.4, -0.2) is 6.04 Å². The van der Waals surface area contributed by atoms with E-state index in [0.717, 1.165) is 10.6 Å². The lowest BCUT2D eigenvalue weighted by Gasteiger charge is -2.34. The highest BCUT2D eigenvalue weighted by atomic mass is 35.5. The van der Waals surface area contributed by atoms with Crippen LogP contribution in [0.1, 0.15) is 42.7 Å². The molecule has 110 valence electrons. The summed E-state index contributed by atoms with van der Waals surface area (Å²) in [5.74, 6) is 0.596. The summed E-state index contributed by atoms with van der Waals surface area (Å²) in [6, 6.07) is 17.5. The van der Waals surface area contributed by atoms with Crippen molar-refractivity contribution in [3.63, 3.8) is 0 Å². The molecule has 2 atom stereocenters. The Labute approximate surface area is 132 Å². The molecule has 1 N–H and O–H groups in total. The molecular formula is C19H22ClN. The Morgan fingerprint density at radius 1 is 0.952 bits per heavy atom. The average molecular weight is 300 g/mol. The first-order valence-corrected chi connectivity index (χ1v) is 8.20. The van der Waals surface area contributed by atoms with Gasteiger partial charge in [0.1, 0.15) is 0 Å². The molecule has 2 aromatic carbocycles. The zero-order valence-electron chi connectivity index (χ0n) is 12.5. The van der Waals surface area contributed by atoms with E-state index >= 15 is 0 Å². The maximum Gasteiger partial charge on any atom is 0.0455 e. The fraction of sp³-hybridized carbons (Fsp3) is 0.368. The summed E-state index contributed by atoms with van der Waals surface area (Å²) in [6.45, 7) is 2.09. The van der Waals surface area contributed by atoms with Crippen LogP contribution in [0.3, 0.4) is 0 Å². The van der Waals surface area contributed by atoms with Crippen LogP contribution < -0.4 is 5.32 Å². The number of hydrogen-bond acceptors (Lipinski definition) is 1. The van der Waals surface area contributed by atoms with E-state index in [1.165, 1.54) is 36.9 Å². The molecule has 1 aliphatic rings. The van der Waals surface area contributed by atoms with Crippen LogP contribution in [0.15, 0.2) is 48.5 Å². The van der Waals surface area contributed by atoms with Crippen LogP contribution in [0.2, 0.25) is 5.02 Å². The lowest BCUT2D eigenvalue weighted by atomic mass is 9.80. The molecule has 2 unspecified atom stereocenters. The molecule has 0 aromatic heterocycles. The Hall–Kier alpha value is -1.47. The van der Waals surface area contributed by atoms with E-state index in [9.17, 15) is 0 Å². The van der Waals surface area contributed by atoms with Crippen molar-refractivity contribution in [2.24, 2.45) is 0 Å². The Morgan fingerprint density at radius 3 is 2.52 bits per heavy atom. The van der Waals surface area contributed by atoms with Gasteiger partial charge in [0.25, 0.3) is 0 Å². The zero-order chi connectivity index (χ0) is 14.7. The molecule has 0 saturated heterocycles. The lowest BCUT2D eigenvalue weighted by molar-refractivity contribution is 0.405. The third kappa shape index (κ3) is 3.24. The third-order valence-electron chi connectivity index (χ3n) is 4.60. The maximum atomic E-state index is 6.24. The molecule has 3 rings (SSSR count). The van der Waals surface area contributed by atoms with Gasteiger partial charge in [-0.05, 0) is 43.0 Å². The van der Waals surface area contributed by atoms with E-state index in [1.807, 2.05) is 12.1 Å². The van der Waals surface area contributed by atoms with Gasteiger partial charge in [0.05, 0.1) is 0 Å². The van der Waals surface area contributed by atoms with E-state index in [4.69, 9.17) is 11.6 Å². The Morgan fingerprint density at radius 2 is 1.71 bits per heavy atom. The molecule has 2 heteroatoms. The van der Waals surface area contributed by atoms with Gasteiger partial charge in [-0.3, -0.25) is 0 Å². The number of anilines is 1. The monoisotopic (exact) mass is 299 g/mol. The fourth-order valence-corrected chi connectivity index (χ4v) is 3.54. The molecule has 0 spiro atoms. The highest BCUT2D eigenvalue weighted by Crippen LogP contribution is 2.36. The second kappa shape index (κ2) is 6.53. The first kappa shape index (κ1) is 14.5. The molecule has 1 nitrogen and oxygen atoms in total. The smallest absolute Gasteiger partial charge is 0.0455 e. The van der Waals surface area contributed by atoms with Crippen LogP contribution in [0.5, 0.6) is 0 Å². The van der Waals surface area contributed by atoms with Crippen LogP contribution >= 0.6 is 11.6 Å². The van der Waals surface area contributed by atoms with Crippen molar-refractivity contribution in [3.8, 4) is 0 Å². The second-order valence-corrected chi connectivity index (χ2v) is 6.37. The van der Waals surface area contributed by atoms with E-state index in [1.54, 1.807) is 0 Å². The maximum absolute atomic E-state index is 6.24. The summed E-state index contributed by atoms with van der Waals surface area (Å²) in [5.41, 5.74) is 3.78. The van der Waals surface area contributed by atoms with Crippen molar-refractivity contribution in [2.45, 2.75) is 44.6 Å². The summed E-state index contributed by atoms with van der Waals surface area (Å²) < 4.78 is 0. The van der Waals surface area contributed by atoms with E-state index < -0.39 is 0 Å². The minimum atomic E-state index is 0.498. The Kier molecular flexibility index (Phi) is 4.50. The first-order chi connectivity index (χ1) is 10.3. The minimum absolute atomic E-state index is 0.498. The van der Waals surface area contributed by atoms with Gasteiger partial charge in [-0.2, -0.15) is 0 Å². The van der Waals surface area contributed by atoms with Gasteiger partial charge in [0.15, 0.2) is 0 Å². The van der Waals surface area contributed by atoms with Gasteiger partial charge < -0.3 is 5.32 Å². The standard InChI is InChI=1S/C19H22ClN/c1-14-17(20)11-7-13-18(14)21-19-12-6-5-10-16(19)15-8-3-2-4-9-15/h2-4,7-9,11,13,16,19,21H,5-6,10,12H2,1H3. The van der Waals surface area contributed by atoms with Gasteiger partial charge in [-0.15, -0.1) is 0 Å². The number of hydrogen-bond donors (Lipinski definition) is 1. The van der Waals surface area contributed by atoms with E-state index in [0.29, 0.717) is 12.0 Å². The predicted molar refractivity (Wildman–Crippen MR) is 91.3 cm³/mol. The number of nitrogens with one attached hydrogen (secondary N) is 1. The van der Waals surface area contributed by atoms with Crippen molar-refractivity contribution in [1.82, 2.24) is 0 Å². The SMILES string of the molecule is Cc1c(Cl)cccc1NC1CCCCC1c1ccccc1. The van der Waals surface area contributed by atoms with Gasteiger partial charge in [-0.25, -0.2) is 0 Å². The van der Waals surface area contributed by atoms with Crippen LogP contribution in [0, 0.1) is 6.92 Å². The third-order valence-corrected chi connectivity index (χ3v) is 5.01. The normalized spacial score (nSPS) is 22.0. The summed E-state index contributed by atoms with van der Waals surface area (Å²) in [4.78, 5) is 0. The molecule has 0 amide bonds. The van der Waals surface area contributed by atoms with E-state index in [-0.39, 0.29) is 0 Å². The quantitative estimate of drug-likeness (QED) is 0.756. The van der Waals surface area contributed by atoms with Crippen LogP contribution in [0.4, 0.5) is 5.69 Å². The van der Waals surface area contributed by atoms with Crippen LogP contribution in [0.25, 0.3) is 0 Å². The molecule has 1 aliphatic carbocycles. The Balaban J connectivity index is 1.83. The van der Waals surface area contributed by atoms with Gasteiger partial charge in [0.2, 0.25) is 0 Å². The second-order valence-electron chi connectivity index (χ2n) is 5.96. The van der Waals surface area contributed by atoms with Crippen molar-refractivity contribution >= 4 is 17.3 Å². The summed E-state index contributed by atoms with van der Waals surface area (Å²) >= 11 is 6.24. The van der Waals surface area contributed by atoms with Gasteiger partial charge in [-0.1, -0.05) is 60.8 Å². The Bertz CT molecular complexity index is 594. The predicted octanol–water partition coefficient (Wildman–Crippen LogP) is 5.79. The number of rotatable bonds is 3. The first-order valence-electron chi connectivity index (χ1n) is 7.82. The average Bonchev–Trinajstić information content (AvgIpc) is 2.53. The topological polar surface area (TPSA) is 12.0 Å². The molecule has 1 fully saturated rings. The van der Waals surface area contributed by atoms with Crippen molar-refractivity contribution in [3.05, 3.63) is 64.7 Å². The summed E-state index contributed by atoms with van der Waals surface area (Å²) in [6.07, 6.45) is 5.12. The minimum Gasteiger partial charge on any atom is -0.381 e. The lowest BCUT2D eigenvalue weighted by Crippen LogP contribution is -2.30. The molecule has 0 aliphatic heterocycles. The molecule has 21 heavy (non-hydrogen) atoms. The fourth-order valence-electron chi connectivity index (χ4n) is 3.37. The van der Waals surface area contributed by atoms with Gasteiger partial charge in [0, 0.05) is 22.7 Å². The highest BCUT2D eigenvalue weighted by Gasteiger charge is 2.26. The van der Waals surface area contributed by atoms with Gasteiger partial charge >= 0.3 is 0 Å². The van der Waals surface area contributed by atoms with Crippen molar-refractivity contribution in [1.29, 1.82) is 0 Å². The number of halogens is 1. The van der Waals surface area contributed by atoms with Crippen molar-refractivity contribution < 1.29 is 0 Å². The number of benzene rings is 2. The van der Waals surface area contributed by atoms with Crippen molar-refractivity contribution in [2.75, 3.05) is 5.32 Å². The zero-order valence-corrected chi connectivity index (χ0v) is 13.2. The van der Waals surface area contributed by atoms with E-state index in [2.05, 4.69) is 48.6 Å². The molecule has 0 bridgehead atoms. The summed E-state index contributed by atoms with van der Waals surface area (Å²) in [5, 5.41) is 4.59. The highest BCUT2D eigenvalue weighted by molar-refractivity contribution is 6.31. The largest absolute Gasteiger partial charge is 0.381 e. The molecule has 1 saturated carbocycles.